The Morgan fingerprint density at radius 3 is 2.42 bits per heavy atom. The van der Waals surface area contributed by atoms with Crippen LogP contribution in [-0.4, -0.2) is 26.1 Å². The number of carbonyl (C=O) groups excluding carboxylic acids is 1. The van der Waals surface area contributed by atoms with Gasteiger partial charge in [-0.25, -0.2) is 9.78 Å². The lowest BCUT2D eigenvalue weighted by Crippen LogP contribution is -2.56. The third-order valence-electron chi connectivity index (χ3n) is 2.98. The highest BCUT2D eigenvalue weighted by Crippen LogP contribution is 2.29. The number of nitrogens with one attached hydrogen (secondary N) is 3. The number of thiocarbonyl (C=S) groups is 1. The molecule has 2 rings (SSSR count). The van der Waals surface area contributed by atoms with Crippen LogP contribution in [0.15, 0.2) is 54.7 Å². The zero-order valence-corrected chi connectivity index (χ0v) is 16.4. The number of alkyl carbamates (subject to hydrolysis) is 1. The molecule has 2 aromatic rings. The van der Waals surface area contributed by atoms with Crippen molar-refractivity contribution in [3.05, 3.63) is 60.3 Å². The number of amides is 1. The van der Waals surface area contributed by atoms with Gasteiger partial charge in [0.25, 0.3) is 0 Å². The average molecular weight is 434 g/mol. The van der Waals surface area contributed by atoms with Crippen molar-refractivity contribution >= 4 is 64.0 Å². The lowest BCUT2D eigenvalue weighted by atomic mass is 10.2. The molecule has 3 N–H and O–H groups in total. The Morgan fingerprint density at radius 2 is 1.81 bits per heavy atom. The van der Waals surface area contributed by atoms with Crippen LogP contribution in [0.3, 0.4) is 0 Å². The predicted molar refractivity (Wildman–Crippen MR) is 107 cm³/mol. The van der Waals surface area contributed by atoms with Crippen LogP contribution in [0.2, 0.25) is 0 Å². The number of carbonyl (C=O) groups is 1. The molecule has 0 unspecified atom stereocenters. The summed E-state index contributed by atoms with van der Waals surface area (Å²) in [5, 5.41) is 8.07. The van der Waals surface area contributed by atoms with Gasteiger partial charge in [-0.15, -0.1) is 0 Å². The van der Waals surface area contributed by atoms with Crippen molar-refractivity contribution in [1.82, 2.24) is 15.6 Å². The van der Waals surface area contributed by atoms with Crippen LogP contribution in [0.25, 0.3) is 0 Å². The summed E-state index contributed by atoms with van der Waals surface area (Å²) in [6.07, 6.45) is -0.297. The monoisotopic (exact) mass is 432 g/mol. The third-order valence-corrected chi connectivity index (χ3v) is 3.86. The molecule has 0 radical (unpaired) electrons. The van der Waals surface area contributed by atoms with E-state index in [0.717, 1.165) is 5.56 Å². The van der Waals surface area contributed by atoms with Gasteiger partial charge in [0, 0.05) is 6.20 Å². The molecule has 1 amide bonds. The van der Waals surface area contributed by atoms with E-state index in [2.05, 4.69) is 20.9 Å². The molecule has 1 atom stereocenters. The minimum absolute atomic E-state index is 0.0792. The first-order chi connectivity index (χ1) is 12.3. The molecule has 0 saturated heterocycles. The molecule has 10 heteroatoms. The fourth-order valence-corrected chi connectivity index (χ4v) is 2.35. The number of nitrogens with zero attached hydrogens (tertiary/aromatic N) is 1. The smallest absolute Gasteiger partial charge is 0.409 e. The van der Waals surface area contributed by atoms with E-state index >= 15 is 0 Å². The second-order valence-corrected chi connectivity index (χ2v) is 7.77. The molecule has 0 aliphatic heterocycles. The van der Waals surface area contributed by atoms with Crippen molar-refractivity contribution in [3.63, 3.8) is 0 Å². The highest BCUT2D eigenvalue weighted by Gasteiger charge is 2.35. The zero-order chi connectivity index (χ0) is 19.0. The molecule has 138 valence electrons. The van der Waals surface area contributed by atoms with Gasteiger partial charge in [-0.1, -0.05) is 71.2 Å². The predicted octanol–water partition coefficient (Wildman–Crippen LogP) is 3.99. The Morgan fingerprint density at radius 1 is 1.12 bits per heavy atom. The normalized spacial score (nSPS) is 12.0. The Labute approximate surface area is 171 Å². The maximum Gasteiger partial charge on any atom is 0.409 e. The van der Waals surface area contributed by atoms with E-state index in [1.54, 1.807) is 24.4 Å². The van der Waals surface area contributed by atoms with Crippen LogP contribution in [0, 0.1) is 0 Å². The molecule has 0 aliphatic rings. The first-order valence-electron chi connectivity index (χ1n) is 7.37. The Hall–Kier alpha value is -1.80. The van der Waals surface area contributed by atoms with E-state index in [4.69, 9.17) is 51.8 Å². The Balaban J connectivity index is 1.90. The molecule has 0 fully saturated rings. The van der Waals surface area contributed by atoms with Gasteiger partial charge in [0.2, 0.25) is 3.79 Å². The van der Waals surface area contributed by atoms with Crippen LogP contribution in [0.4, 0.5) is 10.6 Å². The summed E-state index contributed by atoms with van der Waals surface area (Å²) in [6, 6.07) is 14.4. The number of ether oxygens (including phenoxy) is 1. The lowest BCUT2D eigenvalue weighted by Gasteiger charge is -2.27. The van der Waals surface area contributed by atoms with Gasteiger partial charge in [0.1, 0.15) is 12.4 Å². The molecular formula is C16H15Cl3N4O2S. The summed E-state index contributed by atoms with van der Waals surface area (Å²) >= 11 is 22.9. The first kappa shape index (κ1) is 20.5. The van der Waals surface area contributed by atoms with Crippen molar-refractivity contribution in [1.29, 1.82) is 0 Å². The average Bonchev–Trinajstić information content (AvgIpc) is 2.60. The van der Waals surface area contributed by atoms with E-state index in [-0.39, 0.29) is 11.7 Å². The first-order valence-corrected chi connectivity index (χ1v) is 8.91. The number of benzene rings is 1. The van der Waals surface area contributed by atoms with Crippen molar-refractivity contribution < 1.29 is 9.53 Å². The summed E-state index contributed by atoms with van der Waals surface area (Å²) in [4.78, 5) is 16.1. The van der Waals surface area contributed by atoms with Gasteiger partial charge in [0.15, 0.2) is 11.3 Å². The maximum atomic E-state index is 12.0. The number of halogens is 3. The Bertz CT molecular complexity index is 729. The number of aromatic nitrogens is 1. The molecule has 6 nitrogen and oxygen atoms in total. The number of alkyl halides is 3. The lowest BCUT2D eigenvalue weighted by molar-refractivity contribution is 0.135. The van der Waals surface area contributed by atoms with Crippen LogP contribution in [0.5, 0.6) is 0 Å². The zero-order valence-electron chi connectivity index (χ0n) is 13.3. The number of hydrogen-bond donors (Lipinski definition) is 3. The number of hydrogen-bond acceptors (Lipinski definition) is 4. The van der Waals surface area contributed by atoms with E-state index in [0.29, 0.717) is 5.82 Å². The largest absolute Gasteiger partial charge is 0.445 e. The summed E-state index contributed by atoms with van der Waals surface area (Å²) < 4.78 is 3.24. The van der Waals surface area contributed by atoms with Gasteiger partial charge in [-0.2, -0.15) is 0 Å². The van der Waals surface area contributed by atoms with Crippen LogP contribution >= 0.6 is 47.0 Å². The molecule has 0 spiro atoms. The molecule has 1 aromatic heterocycles. The van der Waals surface area contributed by atoms with E-state index in [1.165, 1.54) is 0 Å². The van der Waals surface area contributed by atoms with Gasteiger partial charge < -0.3 is 15.4 Å². The topological polar surface area (TPSA) is 75.3 Å². The number of anilines is 1. The van der Waals surface area contributed by atoms with E-state index in [1.807, 2.05) is 30.3 Å². The van der Waals surface area contributed by atoms with Gasteiger partial charge in [-0.05, 0) is 29.9 Å². The third kappa shape index (κ3) is 7.21. The summed E-state index contributed by atoms with van der Waals surface area (Å²) in [5.74, 6) is 0.500. The standard InChI is InChI=1S/C16H15Cl3N4O2S/c17-16(18,19)13(22-14(26)21-12-8-4-5-9-20-12)23-15(24)25-10-11-6-2-1-3-7-11/h1-9,13H,10H2,(H,23,24)(H2,20,21,22,26)/t13-/m0/s1. The SMILES string of the molecule is O=C(N[C@H](NC(=S)Nc1ccccn1)C(Cl)(Cl)Cl)OCc1ccccc1. The summed E-state index contributed by atoms with van der Waals surface area (Å²) in [6.45, 7) is 0.0792. The molecule has 0 bridgehead atoms. The molecule has 26 heavy (non-hydrogen) atoms. The summed E-state index contributed by atoms with van der Waals surface area (Å²) in [7, 11) is 0. The van der Waals surface area contributed by atoms with E-state index < -0.39 is 16.1 Å². The molecule has 0 aliphatic carbocycles. The Kier molecular flexibility index (Phi) is 7.71. The minimum Gasteiger partial charge on any atom is -0.445 e. The molecular weight excluding hydrogens is 419 g/mol. The van der Waals surface area contributed by atoms with Gasteiger partial charge in [-0.3, -0.25) is 5.32 Å². The highest BCUT2D eigenvalue weighted by atomic mass is 35.6. The number of rotatable bonds is 5. The van der Waals surface area contributed by atoms with Crippen LogP contribution < -0.4 is 16.0 Å². The molecule has 1 heterocycles. The molecule has 1 aromatic carbocycles. The van der Waals surface area contributed by atoms with Crippen molar-refractivity contribution in [3.8, 4) is 0 Å². The van der Waals surface area contributed by atoms with Gasteiger partial charge >= 0.3 is 6.09 Å². The van der Waals surface area contributed by atoms with Crippen LogP contribution in [-0.2, 0) is 11.3 Å². The van der Waals surface area contributed by atoms with Crippen molar-refractivity contribution in [2.45, 2.75) is 16.6 Å². The fraction of sp³-hybridized carbons (Fsp3) is 0.188. The quantitative estimate of drug-likeness (QED) is 0.376. The number of pyridine rings is 1. The van der Waals surface area contributed by atoms with Crippen LogP contribution in [0.1, 0.15) is 5.56 Å². The summed E-state index contributed by atoms with van der Waals surface area (Å²) in [5.41, 5.74) is 0.827. The van der Waals surface area contributed by atoms with E-state index in [9.17, 15) is 4.79 Å². The van der Waals surface area contributed by atoms with Crippen molar-refractivity contribution in [2.75, 3.05) is 5.32 Å². The highest BCUT2D eigenvalue weighted by molar-refractivity contribution is 7.80. The maximum absolute atomic E-state index is 12.0. The fourth-order valence-electron chi connectivity index (χ4n) is 1.80. The second-order valence-electron chi connectivity index (χ2n) is 4.99. The van der Waals surface area contributed by atoms with Crippen molar-refractivity contribution in [2.24, 2.45) is 0 Å². The minimum atomic E-state index is -1.87. The second kappa shape index (κ2) is 9.78. The van der Waals surface area contributed by atoms with Gasteiger partial charge in [0.05, 0.1) is 0 Å². The molecule has 0 saturated carbocycles.